The van der Waals surface area contributed by atoms with E-state index in [-0.39, 0.29) is 25.0 Å². The van der Waals surface area contributed by atoms with Crippen molar-refractivity contribution in [3.8, 4) is 0 Å². The highest BCUT2D eigenvalue weighted by Crippen LogP contribution is 2.05. The molecule has 0 spiro atoms. The molecule has 6 nitrogen and oxygen atoms in total. The fraction of sp³-hybridized carbons (Fsp3) is 0.333. The summed E-state index contributed by atoms with van der Waals surface area (Å²) in [6.45, 7) is 1.05. The van der Waals surface area contributed by atoms with Crippen molar-refractivity contribution in [3.63, 3.8) is 0 Å². The Kier molecular flexibility index (Phi) is 9.28. The quantitative estimate of drug-likeness (QED) is 0.440. The Balaban J connectivity index is 1.41. The van der Waals surface area contributed by atoms with Gasteiger partial charge in [0.1, 0.15) is 13.1 Å². The summed E-state index contributed by atoms with van der Waals surface area (Å²) in [5.41, 5.74) is 1.77. The van der Waals surface area contributed by atoms with Gasteiger partial charge in [-0.15, -0.1) is 0 Å². The van der Waals surface area contributed by atoms with Crippen molar-refractivity contribution >= 4 is 23.3 Å². The molecule has 6 heteroatoms. The molecule has 0 aliphatic heterocycles. The summed E-state index contributed by atoms with van der Waals surface area (Å²) < 4.78 is 10.3. The Hall–Kier alpha value is -3.02. The van der Waals surface area contributed by atoms with E-state index in [1.165, 1.54) is 0 Å². The number of esters is 2. The lowest BCUT2D eigenvalue weighted by Crippen LogP contribution is -2.18. The van der Waals surface area contributed by atoms with Gasteiger partial charge in [-0.1, -0.05) is 36.4 Å². The highest BCUT2D eigenvalue weighted by Gasteiger charge is 2.04. The second-order valence-corrected chi connectivity index (χ2v) is 5.94. The van der Waals surface area contributed by atoms with Crippen molar-refractivity contribution in [2.45, 2.75) is 19.3 Å². The summed E-state index contributed by atoms with van der Waals surface area (Å²) in [4.78, 5) is 23.2. The number of unbranched alkanes of at least 4 members (excludes halogenated alkanes) is 2. The molecule has 2 aromatic carbocycles. The van der Waals surface area contributed by atoms with Crippen LogP contribution in [0.25, 0.3) is 0 Å². The van der Waals surface area contributed by atoms with Gasteiger partial charge < -0.3 is 20.1 Å². The first kappa shape index (κ1) is 20.3. The molecule has 0 saturated heterocycles. The fourth-order valence-electron chi connectivity index (χ4n) is 2.32. The van der Waals surface area contributed by atoms with Gasteiger partial charge in [0.05, 0.1) is 13.2 Å². The summed E-state index contributed by atoms with van der Waals surface area (Å²) in [7, 11) is 0. The van der Waals surface area contributed by atoms with Crippen LogP contribution in [0.1, 0.15) is 19.3 Å². The third-order valence-electron chi connectivity index (χ3n) is 3.74. The molecule has 0 aliphatic rings. The zero-order valence-electron chi connectivity index (χ0n) is 15.4. The van der Waals surface area contributed by atoms with Crippen LogP contribution in [0.4, 0.5) is 11.4 Å². The van der Waals surface area contributed by atoms with Crippen molar-refractivity contribution in [1.82, 2.24) is 0 Å². The van der Waals surface area contributed by atoms with Gasteiger partial charge in [-0.2, -0.15) is 0 Å². The Bertz CT molecular complexity index is 618. The second-order valence-electron chi connectivity index (χ2n) is 5.94. The summed E-state index contributed by atoms with van der Waals surface area (Å²) >= 11 is 0. The molecule has 2 N–H and O–H groups in total. The lowest BCUT2D eigenvalue weighted by Gasteiger charge is -2.08. The molecule has 0 aliphatic carbocycles. The topological polar surface area (TPSA) is 76.7 Å². The van der Waals surface area contributed by atoms with Crippen LogP contribution in [-0.2, 0) is 19.1 Å². The van der Waals surface area contributed by atoms with E-state index in [1.807, 2.05) is 60.7 Å². The molecule has 0 bridgehead atoms. The van der Waals surface area contributed by atoms with Crippen molar-refractivity contribution in [2.24, 2.45) is 0 Å². The lowest BCUT2D eigenvalue weighted by molar-refractivity contribution is -0.141. The third kappa shape index (κ3) is 9.30. The van der Waals surface area contributed by atoms with Crippen molar-refractivity contribution < 1.29 is 19.1 Å². The van der Waals surface area contributed by atoms with Gasteiger partial charge in [0.15, 0.2) is 0 Å². The highest BCUT2D eigenvalue weighted by atomic mass is 16.5. The minimum Gasteiger partial charge on any atom is -0.464 e. The molecule has 2 rings (SSSR count). The van der Waals surface area contributed by atoms with Crippen molar-refractivity contribution in [1.29, 1.82) is 0 Å². The molecule has 2 aromatic rings. The summed E-state index contributed by atoms with van der Waals surface area (Å²) in [5.74, 6) is -0.561. The normalized spacial score (nSPS) is 10.1. The Morgan fingerprint density at radius 3 is 1.44 bits per heavy atom. The zero-order valence-corrected chi connectivity index (χ0v) is 15.4. The highest BCUT2D eigenvalue weighted by molar-refractivity contribution is 5.75. The predicted octanol–water partition coefficient (Wildman–Crippen LogP) is 3.47. The van der Waals surface area contributed by atoms with Gasteiger partial charge in [0.25, 0.3) is 0 Å². The summed E-state index contributed by atoms with van der Waals surface area (Å²) in [6, 6.07) is 19.0. The number of para-hydroxylation sites is 2. The molecule has 144 valence electrons. The monoisotopic (exact) mass is 370 g/mol. The molecule has 0 fully saturated rings. The van der Waals surface area contributed by atoms with Gasteiger partial charge in [0.2, 0.25) is 0 Å². The minimum atomic E-state index is -0.280. The maximum atomic E-state index is 11.6. The van der Waals surface area contributed by atoms with E-state index in [4.69, 9.17) is 9.47 Å². The van der Waals surface area contributed by atoms with Gasteiger partial charge in [0, 0.05) is 11.4 Å². The van der Waals surface area contributed by atoms with Crippen LogP contribution in [0, 0.1) is 0 Å². The van der Waals surface area contributed by atoms with Crippen molar-refractivity contribution in [2.75, 3.05) is 36.9 Å². The van der Waals surface area contributed by atoms with Gasteiger partial charge in [-0.3, -0.25) is 9.59 Å². The molecular weight excluding hydrogens is 344 g/mol. The number of hydrogen-bond acceptors (Lipinski definition) is 6. The van der Waals surface area contributed by atoms with Gasteiger partial charge >= 0.3 is 11.9 Å². The maximum Gasteiger partial charge on any atom is 0.325 e. The summed E-state index contributed by atoms with van der Waals surface area (Å²) in [6.07, 6.45) is 2.33. The maximum absolute atomic E-state index is 11.6. The Morgan fingerprint density at radius 2 is 1.04 bits per heavy atom. The number of nitrogens with one attached hydrogen (secondary N) is 2. The minimum absolute atomic E-state index is 0.149. The van der Waals surface area contributed by atoms with E-state index < -0.39 is 0 Å². The molecule has 27 heavy (non-hydrogen) atoms. The zero-order chi connectivity index (χ0) is 19.2. The van der Waals surface area contributed by atoms with Crippen LogP contribution in [0.5, 0.6) is 0 Å². The molecular formula is C21H26N2O4. The van der Waals surface area contributed by atoms with Crippen LogP contribution in [-0.4, -0.2) is 38.2 Å². The lowest BCUT2D eigenvalue weighted by atomic mass is 10.2. The summed E-state index contributed by atoms with van der Waals surface area (Å²) in [5, 5.41) is 6.01. The van der Waals surface area contributed by atoms with Gasteiger partial charge in [-0.25, -0.2) is 0 Å². The van der Waals surface area contributed by atoms with Crippen LogP contribution in [0.15, 0.2) is 60.7 Å². The molecule has 0 radical (unpaired) electrons. The standard InChI is InChI=1S/C21H26N2O4/c24-20(16-22-18-10-4-1-5-11-18)26-14-8-3-9-15-27-21(25)17-23-19-12-6-2-7-13-19/h1-2,4-7,10-13,22-23H,3,8-9,14-17H2. The first-order valence-electron chi connectivity index (χ1n) is 9.13. The molecule has 0 aromatic heterocycles. The number of benzene rings is 2. The first-order chi connectivity index (χ1) is 13.2. The number of anilines is 2. The molecule has 0 saturated carbocycles. The number of rotatable bonds is 12. The number of hydrogen-bond donors (Lipinski definition) is 2. The number of carbonyl (C=O) groups is 2. The van der Waals surface area contributed by atoms with Gasteiger partial charge in [-0.05, 0) is 43.5 Å². The smallest absolute Gasteiger partial charge is 0.325 e. The molecule has 0 atom stereocenters. The average molecular weight is 370 g/mol. The predicted molar refractivity (Wildman–Crippen MR) is 106 cm³/mol. The van der Waals surface area contributed by atoms with Crippen LogP contribution >= 0.6 is 0 Å². The first-order valence-corrected chi connectivity index (χ1v) is 9.13. The largest absolute Gasteiger partial charge is 0.464 e. The number of carbonyl (C=O) groups excluding carboxylic acids is 2. The number of ether oxygens (including phenoxy) is 2. The van der Waals surface area contributed by atoms with Crippen LogP contribution in [0.3, 0.4) is 0 Å². The van der Waals surface area contributed by atoms with E-state index in [2.05, 4.69) is 10.6 Å². The van der Waals surface area contributed by atoms with E-state index in [0.717, 1.165) is 30.6 Å². The van der Waals surface area contributed by atoms with E-state index in [0.29, 0.717) is 13.2 Å². The molecule has 0 unspecified atom stereocenters. The third-order valence-corrected chi connectivity index (χ3v) is 3.74. The van der Waals surface area contributed by atoms with Crippen LogP contribution in [0.2, 0.25) is 0 Å². The molecule has 0 heterocycles. The SMILES string of the molecule is O=C(CNc1ccccc1)OCCCCCOC(=O)CNc1ccccc1. The average Bonchev–Trinajstić information content (AvgIpc) is 2.71. The fourth-order valence-corrected chi connectivity index (χ4v) is 2.32. The Labute approximate surface area is 159 Å². The molecule has 0 amide bonds. The van der Waals surface area contributed by atoms with Crippen LogP contribution < -0.4 is 10.6 Å². The second kappa shape index (κ2) is 12.4. The van der Waals surface area contributed by atoms with E-state index in [1.54, 1.807) is 0 Å². The van der Waals surface area contributed by atoms with Crippen molar-refractivity contribution in [3.05, 3.63) is 60.7 Å². The Morgan fingerprint density at radius 1 is 0.630 bits per heavy atom. The van der Waals surface area contributed by atoms with E-state index in [9.17, 15) is 9.59 Å². The van der Waals surface area contributed by atoms with E-state index >= 15 is 0 Å².